The van der Waals surface area contributed by atoms with Gasteiger partial charge in [0.15, 0.2) is 0 Å². The van der Waals surface area contributed by atoms with Crippen molar-refractivity contribution in [3.8, 4) is 0 Å². The molecule has 1 fully saturated rings. The molecule has 0 spiro atoms. The molecule has 0 aromatic heterocycles. The Labute approximate surface area is 110 Å². The molecule has 0 aliphatic carbocycles. The smallest absolute Gasteiger partial charge is 0.311 e. The monoisotopic (exact) mass is 257 g/mol. The highest BCUT2D eigenvalue weighted by Crippen LogP contribution is 2.35. The number of hydrogen-bond acceptors (Lipinski definition) is 4. The second-order valence-electron chi connectivity index (χ2n) is 5.87. The summed E-state index contributed by atoms with van der Waals surface area (Å²) in [7, 11) is 1.45. The molecule has 1 aliphatic rings. The highest BCUT2D eigenvalue weighted by atomic mass is 16.5. The van der Waals surface area contributed by atoms with E-state index in [1.54, 1.807) is 0 Å². The van der Waals surface area contributed by atoms with Crippen molar-refractivity contribution in [1.82, 2.24) is 4.90 Å². The fourth-order valence-corrected chi connectivity index (χ4v) is 2.67. The Morgan fingerprint density at radius 3 is 2.78 bits per heavy atom. The number of ether oxygens (including phenoxy) is 1. The lowest BCUT2D eigenvalue weighted by Gasteiger charge is -2.40. The highest BCUT2D eigenvalue weighted by Gasteiger charge is 2.39. The fraction of sp³-hybridized carbons (Fsp3) is 0.929. The van der Waals surface area contributed by atoms with E-state index in [1.165, 1.54) is 7.11 Å². The molecule has 1 aliphatic heterocycles. The third kappa shape index (κ3) is 3.69. The zero-order chi connectivity index (χ0) is 13.8. The first-order chi connectivity index (χ1) is 8.41. The second-order valence-corrected chi connectivity index (χ2v) is 5.87. The number of esters is 1. The first kappa shape index (κ1) is 15.4. The zero-order valence-corrected chi connectivity index (χ0v) is 12.1. The van der Waals surface area contributed by atoms with Gasteiger partial charge in [0.25, 0.3) is 0 Å². The van der Waals surface area contributed by atoms with Gasteiger partial charge in [-0.05, 0) is 45.6 Å². The number of hydrogen-bond donors (Lipinski definition) is 1. The first-order valence-electron chi connectivity index (χ1n) is 6.90. The number of carbonyl (C=O) groups excluding carboxylic acids is 1. The molecule has 2 atom stereocenters. The normalized spacial score (nSPS) is 23.7. The summed E-state index contributed by atoms with van der Waals surface area (Å²) in [5, 5.41) is 9.72. The first-order valence-corrected chi connectivity index (χ1v) is 6.90. The molecular weight excluding hydrogens is 230 g/mol. The summed E-state index contributed by atoms with van der Waals surface area (Å²) < 4.78 is 4.90. The maximum Gasteiger partial charge on any atom is 0.311 e. The fourth-order valence-electron chi connectivity index (χ4n) is 2.67. The molecule has 1 saturated heterocycles. The Hall–Kier alpha value is -0.610. The SMILES string of the molecule is CC[C@@H](O)CN1CCC[C@H](C(C)(C)C(=O)OC)C1. The number of piperidine rings is 1. The number of likely N-dealkylation sites (tertiary alicyclic amines) is 1. The summed E-state index contributed by atoms with van der Waals surface area (Å²) in [6.07, 6.45) is 2.66. The summed E-state index contributed by atoms with van der Waals surface area (Å²) in [4.78, 5) is 14.1. The molecule has 4 nitrogen and oxygen atoms in total. The average molecular weight is 257 g/mol. The maximum atomic E-state index is 11.8. The van der Waals surface area contributed by atoms with Gasteiger partial charge in [0.2, 0.25) is 0 Å². The number of carbonyl (C=O) groups is 1. The van der Waals surface area contributed by atoms with Crippen LogP contribution in [0.1, 0.15) is 40.0 Å². The predicted molar refractivity (Wildman–Crippen MR) is 71.3 cm³/mol. The van der Waals surface area contributed by atoms with E-state index in [2.05, 4.69) is 4.90 Å². The van der Waals surface area contributed by atoms with E-state index in [1.807, 2.05) is 20.8 Å². The number of aliphatic hydroxyl groups is 1. The van der Waals surface area contributed by atoms with Crippen LogP contribution in [-0.2, 0) is 9.53 Å². The Kier molecular flexibility index (Phi) is 5.60. The van der Waals surface area contributed by atoms with Gasteiger partial charge >= 0.3 is 5.97 Å². The molecule has 4 heteroatoms. The molecule has 0 bridgehead atoms. The molecule has 18 heavy (non-hydrogen) atoms. The van der Waals surface area contributed by atoms with Crippen LogP contribution >= 0.6 is 0 Å². The second kappa shape index (κ2) is 6.53. The standard InChI is InChI=1S/C14H27NO3/c1-5-12(16)10-15-8-6-7-11(9-15)14(2,3)13(17)18-4/h11-12,16H,5-10H2,1-4H3/t11-,12+/m0/s1. The number of methoxy groups -OCH3 is 1. The van der Waals surface area contributed by atoms with Crippen molar-refractivity contribution >= 4 is 5.97 Å². The Balaban J connectivity index is 2.60. The van der Waals surface area contributed by atoms with Gasteiger partial charge in [-0.2, -0.15) is 0 Å². The van der Waals surface area contributed by atoms with Crippen molar-refractivity contribution in [1.29, 1.82) is 0 Å². The summed E-state index contributed by atoms with van der Waals surface area (Å²) in [5.41, 5.74) is -0.440. The van der Waals surface area contributed by atoms with Gasteiger partial charge in [-0.25, -0.2) is 0 Å². The minimum atomic E-state index is -0.440. The van der Waals surface area contributed by atoms with Crippen molar-refractivity contribution in [3.05, 3.63) is 0 Å². The zero-order valence-electron chi connectivity index (χ0n) is 12.1. The van der Waals surface area contributed by atoms with Crippen molar-refractivity contribution in [3.63, 3.8) is 0 Å². The quantitative estimate of drug-likeness (QED) is 0.761. The largest absolute Gasteiger partial charge is 0.469 e. The highest BCUT2D eigenvalue weighted by molar-refractivity contribution is 5.76. The minimum absolute atomic E-state index is 0.134. The number of nitrogens with zero attached hydrogens (tertiary/aromatic N) is 1. The molecule has 0 radical (unpaired) electrons. The van der Waals surface area contributed by atoms with E-state index in [0.717, 1.165) is 32.4 Å². The summed E-state index contributed by atoms with van der Waals surface area (Å²) in [5.74, 6) is 0.174. The maximum absolute atomic E-state index is 11.8. The molecule has 0 aromatic rings. The van der Waals surface area contributed by atoms with E-state index in [4.69, 9.17) is 4.74 Å². The van der Waals surface area contributed by atoms with Gasteiger partial charge in [-0.3, -0.25) is 4.79 Å². The van der Waals surface area contributed by atoms with Crippen LogP contribution < -0.4 is 0 Å². The van der Waals surface area contributed by atoms with Crippen LogP contribution in [0.2, 0.25) is 0 Å². The van der Waals surface area contributed by atoms with Gasteiger partial charge in [0.1, 0.15) is 0 Å². The van der Waals surface area contributed by atoms with Crippen LogP contribution in [0.4, 0.5) is 0 Å². The minimum Gasteiger partial charge on any atom is -0.469 e. The van der Waals surface area contributed by atoms with E-state index >= 15 is 0 Å². The number of rotatable bonds is 5. The number of β-amino-alcohol motifs (C(OH)–C–C–N with tert-alkyl or cyclic N) is 1. The molecule has 1 N–H and O–H groups in total. The predicted octanol–water partition coefficient (Wildman–Crippen LogP) is 1.67. The molecule has 106 valence electrons. The van der Waals surface area contributed by atoms with E-state index < -0.39 is 5.41 Å². The molecule has 0 aromatic carbocycles. The van der Waals surface area contributed by atoms with Crippen LogP contribution in [0.15, 0.2) is 0 Å². The van der Waals surface area contributed by atoms with Crippen molar-refractivity contribution < 1.29 is 14.6 Å². The van der Waals surface area contributed by atoms with Crippen LogP contribution in [0, 0.1) is 11.3 Å². The summed E-state index contributed by atoms with van der Waals surface area (Å²) >= 11 is 0. The lowest BCUT2D eigenvalue weighted by Crippen LogP contribution is -2.47. The Morgan fingerprint density at radius 2 is 2.22 bits per heavy atom. The third-order valence-corrected chi connectivity index (χ3v) is 4.18. The molecule has 1 heterocycles. The van der Waals surface area contributed by atoms with Crippen LogP contribution in [-0.4, -0.2) is 48.8 Å². The molecule has 1 rings (SSSR count). The van der Waals surface area contributed by atoms with Gasteiger partial charge in [-0.15, -0.1) is 0 Å². The van der Waals surface area contributed by atoms with Gasteiger partial charge in [0, 0.05) is 13.1 Å². The third-order valence-electron chi connectivity index (χ3n) is 4.18. The van der Waals surface area contributed by atoms with Crippen LogP contribution in [0.3, 0.4) is 0 Å². The topological polar surface area (TPSA) is 49.8 Å². The van der Waals surface area contributed by atoms with Gasteiger partial charge < -0.3 is 14.7 Å². The lowest BCUT2D eigenvalue weighted by atomic mass is 9.74. The molecule has 0 saturated carbocycles. The van der Waals surface area contributed by atoms with Crippen LogP contribution in [0.25, 0.3) is 0 Å². The number of aliphatic hydroxyl groups excluding tert-OH is 1. The molecule has 0 unspecified atom stereocenters. The molecule has 0 amide bonds. The van der Waals surface area contributed by atoms with Gasteiger partial charge in [0.05, 0.1) is 18.6 Å². The van der Waals surface area contributed by atoms with Crippen molar-refractivity contribution in [2.75, 3.05) is 26.7 Å². The Morgan fingerprint density at radius 1 is 1.56 bits per heavy atom. The average Bonchev–Trinajstić information content (AvgIpc) is 2.37. The lowest BCUT2D eigenvalue weighted by molar-refractivity contribution is -0.155. The van der Waals surface area contributed by atoms with Crippen molar-refractivity contribution in [2.24, 2.45) is 11.3 Å². The van der Waals surface area contributed by atoms with E-state index in [9.17, 15) is 9.90 Å². The molecular formula is C14H27NO3. The summed E-state index contributed by atoms with van der Waals surface area (Å²) in [6.45, 7) is 8.52. The van der Waals surface area contributed by atoms with E-state index in [0.29, 0.717) is 12.5 Å². The van der Waals surface area contributed by atoms with Crippen LogP contribution in [0.5, 0.6) is 0 Å². The van der Waals surface area contributed by atoms with E-state index in [-0.39, 0.29) is 12.1 Å². The summed E-state index contributed by atoms with van der Waals surface area (Å²) in [6, 6.07) is 0. The Bertz CT molecular complexity index is 278. The van der Waals surface area contributed by atoms with Crippen molar-refractivity contribution in [2.45, 2.75) is 46.1 Å². The van der Waals surface area contributed by atoms with Gasteiger partial charge in [-0.1, -0.05) is 6.92 Å².